The molecule has 0 saturated carbocycles. The summed E-state index contributed by atoms with van der Waals surface area (Å²) < 4.78 is 4.36. The average molecular weight is 289 g/mol. The SMILES string of the molecule is CCc1nsc(N2CCN(c3ccc(N)cc3)CC2)n1. The smallest absolute Gasteiger partial charge is 0.205 e. The monoisotopic (exact) mass is 289 g/mol. The molecule has 1 saturated heterocycles. The van der Waals surface area contributed by atoms with Crippen molar-refractivity contribution in [1.82, 2.24) is 9.36 Å². The molecule has 6 heteroatoms. The Morgan fingerprint density at radius 3 is 2.35 bits per heavy atom. The van der Waals surface area contributed by atoms with Gasteiger partial charge in [0, 0.05) is 55.5 Å². The number of hydrogen-bond donors (Lipinski definition) is 1. The average Bonchev–Trinajstić information content (AvgIpc) is 2.97. The molecule has 2 heterocycles. The second kappa shape index (κ2) is 5.66. The molecule has 0 bridgehead atoms. The fraction of sp³-hybridized carbons (Fsp3) is 0.429. The van der Waals surface area contributed by atoms with Gasteiger partial charge in [0.1, 0.15) is 5.82 Å². The summed E-state index contributed by atoms with van der Waals surface area (Å²) in [6.45, 7) is 6.08. The number of nitrogens with zero attached hydrogens (tertiary/aromatic N) is 4. The molecule has 1 aromatic heterocycles. The lowest BCUT2D eigenvalue weighted by atomic mass is 10.2. The highest BCUT2D eigenvalue weighted by Gasteiger charge is 2.19. The highest BCUT2D eigenvalue weighted by molar-refractivity contribution is 7.09. The maximum atomic E-state index is 5.73. The Hall–Kier alpha value is -1.82. The maximum absolute atomic E-state index is 5.73. The van der Waals surface area contributed by atoms with Crippen LogP contribution >= 0.6 is 11.5 Å². The van der Waals surface area contributed by atoms with Crippen LogP contribution in [0.1, 0.15) is 12.7 Å². The Labute approximate surface area is 123 Å². The van der Waals surface area contributed by atoms with Crippen LogP contribution in [0.4, 0.5) is 16.5 Å². The van der Waals surface area contributed by atoms with Crippen LogP contribution in [0.2, 0.25) is 0 Å². The van der Waals surface area contributed by atoms with Crippen LogP contribution in [0.25, 0.3) is 0 Å². The lowest BCUT2D eigenvalue weighted by Gasteiger charge is -2.35. The molecule has 1 fully saturated rings. The first-order valence-corrected chi connectivity index (χ1v) is 7.71. The van der Waals surface area contributed by atoms with Crippen LogP contribution < -0.4 is 15.5 Å². The van der Waals surface area contributed by atoms with Crippen LogP contribution in [0.5, 0.6) is 0 Å². The van der Waals surface area contributed by atoms with Crippen molar-refractivity contribution in [3.63, 3.8) is 0 Å². The van der Waals surface area contributed by atoms with Gasteiger partial charge in [0.15, 0.2) is 0 Å². The van der Waals surface area contributed by atoms with E-state index in [1.807, 2.05) is 12.1 Å². The van der Waals surface area contributed by atoms with Crippen LogP contribution in [0.3, 0.4) is 0 Å². The molecular weight excluding hydrogens is 270 g/mol. The molecule has 3 rings (SSSR count). The Kier molecular flexibility index (Phi) is 3.73. The number of benzene rings is 1. The van der Waals surface area contributed by atoms with Crippen molar-refractivity contribution in [2.45, 2.75) is 13.3 Å². The Morgan fingerprint density at radius 2 is 1.75 bits per heavy atom. The molecule has 0 spiro atoms. The first kappa shape index (κ1) is 13.2. The predicted octanol–water partition coefficient (Wildman–Crippen LogP) is 2.01. The van der Waals surface area contributed by atoms with E-state index in [2.05, 4.69) is 38.2 Å². The van der Waals surface area contributed by atoms with E-state index in [1.165, 1.54) is 17.2 Å². The van der Waals surface area contributed by atoms with Gasteiger partial charge in [-0.3, -0.25) is 0 Å². The number of nitrogen functional groups attached to an aromatic ring is 1. The number of aryl methyl sites for hydroxylation is 1. The first-order valence-electron chi connectivity index (χ1n) is 6.94. The Bertz CT molecular complexity index is 557. The number of rotatable bonds is 3. The van der Waals surface area contributed by atoms with Crippen molar-refractivity contribution in [2.75, 3.05) is 41.7 Å². The third-order valence-electron chi connectivity index (χ3n) is 3.58. The van der Waals surface area contributed by atoms with Crippen LogP contribution in [0.15, 0.2) is 24.3 Å². The maximum Gasteiger partial charge on any atom is 0.205 e. The molecule has 1 aliphatic heterocycles. The van der Waals surface area contributed by atoms with Gasteiger partial charge in [-0.05, 0) is 24.3 Å². The summed E-state index contributed by atoms with van der Waals surface area (Å²) >= 11 is 1.51. The zero-order chi connectivity index (χ0) is 13.9. The largest absolute Gasteiger partial charge is 0.399 e. The molecule has 106 valence electrons. The van der Waals surface area contributed by atoms with Crippen molar-refractivity contribution in [3.8, 4) is 0 Å². The molecule has 0 radical (unpaired) electrons. The summed E-state index contributed by atoms with van der Waals surface area (Å²) in [4.78, 5) is 9.27. The molecule has 0 unspecified atom stereocenters. The van der Waals surface area contributed by atoms with E-state index >= 15 is 0 Å². The minimum Gasteiger partial charge on any atom is -0.399 e. The van der Waals surface area contributed by atoms with Gasteiger partial charge in [-0.1, -0.05) is 6.92 Å². The van der Waals surface area contributed by atoms with E-state index in [0.717, 1.165) is 49.2 Å². The molecule has 1 aliphatic rings. The van der Waals surface area contributed by atoms with Crippen molar-refractivity contribution in [2.24, 2.45) is 0 Å². The molecular formula is C14H19N5S. The van der Waals surface area contributed by atoms with E-state index < -0.39 is 0 Å². The first-order chi connectivity index (χ1) is 9.76. The Balaban J connectivity index is 1.63. The quantitative estimate of drug-likeness (QED) is 0.876. The van der Waals surface area contributed by atoms with Gasteiger partial charge in [-0.2, -0.15) is 4.37 Å². The fourth-order valence-corrected chi connectivity index (χ4v) is 3.16. The van der Waals surface area contributed by atoms with Crippen LogP contribution in [-0.4, -0.2) is 35.5 Å². The zero-order valence-electron chi connectivity index (χ0n) is 11.6. The number of piperazine rings is 1. The summed E-state index contributed by atoms with van der Waals surface area (Å²) in [5.74, 6) is 0.950. The third kappa shape index (κ3) is 2.70. The Morgan fingerprint density at radius 1 is 1.10 bits per heavy atom. The van der Waals surface area contributed by atoms with Crippen molar-refractivity contribution in [3.05, 3.63) is 30.1 Å². The third-order valence-corrected chi connectivity index (χ3v) is 4.40. The van der Waals surface area contributed by atoms with Crippen molar-refractivity contribution in [1.29, 1.82) is 0 Å². The summed E-state index contributed by atoms with van der Waals surface area (Å²) in [7, 11) is 0. The topological polar surface area (TPSA) is 58.3 Å². The molecule has 0 atom stereocenters. The van der Waals surface area contributed by atoms with Crippen molar-refractivity contribution < 1.29 is 0 Å². The van der Waals surface area contributed by atoms with E-state index in [0.29, 0.717) is 0 Å². The lowest BCUT2D eigenvalue weighted by Crippen LogP contribution is -2.46. The van der Waals surface area contributed by atoms with E-state index in [4.69, 9.17) is 5.73 Å². The highest BCUT2D eigenvalue weighted by Crippen LogP contribution is 2.22. The van der Waals surface area contributed by atoms with E-state index in [9.17, 15) is 0 Å². The van der Waals surface area contributed by atoms with Gasteiger partial charge in [0.05, 0.1) is 0 Å². The van der Waals surface area contributed by atoms with Crippen LogP contribution in [-0.2, 0) is 6.42 Å². The zero-order valence-corrected chi connectivity index (χ0v) is 12.4. The normalized spacial score (nSPS) is 15.7. The minimum absolute atomic E-state index is 0.813. The van der Waals surface area contributed by atoms with Crippen molar-refractivity contribution >= 4 is 28.0 Å². The number of nitrogens with two attached hydrogens (primary N) is 1. The summed E-state index contributed by atoms with van der Waals surface area (Å²) in [5.41, 5.74) is 7.78. The number of aromatic nitrogens is 2. The molecule has 0 aliphatic carbocycles. The van der Waals surface area contributed by atoms with Crippen LogP contribution in [0, 0.1) is 0 Å². The second-order valence-corrected chi connectivity index (χ2v) is 5.64. The van der Waals surface area contributed by atoms with Gasteiger partial charge < -0.3 is 15.5 Å². The van der Waals surface area contributed by atoms with Gasteiger partial charge in [-0.15, -0.1) is 0 Å². The molecule has 2 N–H and O–H groups in total. The lowest BCUT2D eigenvalue weighted by molar-refractivity contribution is 0.651. The van der Waals surface area contributed by atoms with Gasteiger partial charge in [0.2, 0.25) is 5.13 Å². The van der Waals surface area contributed by atoms with E-state index in [1.54, 1.807) is 0 Å². The number of hydrogen-bond acceptors (Lipinski definition) is 6. The molecule has 0 amide bonds. The standard InChI is InChI=1S/C14H19N5S/c1-2-13-16-14(20-17-13)19-9-7-18(8-10-19)12-5-3-11(15)4-6-12/h3-6H,2,7-10,15H2,1H3. The molecule has 2 aromatic rings. The van der Waals surface area contributed by atoms with E-state index in [-0.39, 0.29) is 0 Å². The predicted molar refractivity (Wildman–Crippen MR) is 84.6 cm³/mol. The summed E-state index contributed by atoms with van der Waals surface area (Å²) in [5, 5.41) is 1.05. The molecule has 20 heavy (non-hydrogen) atoms. The number of anilines is 3. The fourth-order valence-electron chi connectivity index (χ4n) is 2.36. The van der Waals surface area contributed by atoms with Gasteiger partial charge in [0.25, 0.3) is 0 Å². The second-order valence-electron chi connectivity index (χ2n) is 4.91. The highest BCUT2D eigenvalue weighted by atomic mass is 32.1. The van der Waals surface area contributed by atoms with Gasteiger partial charge >= 0.3 is 0 Å². The van der Waals surface area contributed by atoms with Gasteiger partial charge in [-0.25, -0.2) is 4.98 Å². The minimum atomic E-state index is 0.813. The molecule has 5 nitrogen and oxygen atoms in total. The summed E-state index contributed by atoms with van der Waals surface area (Å²) in [6, 6.07) is 8.09. The summed E-state index contributed by atoms with van der Waals surface area (Å²) in [6.07, 6.45) is 0.905. The molecule has 1 aromatic carbocycles.